The minimum absolute atomic E-state index is 0.112. The van der Waals surface area contributed by atoms with Gasteiger partial charge in [-0.15, -0.1) is 0 Å². The van der Waals surface area contributed by atoms with Gasteiger partial charge in [-0.05, 0) is 33.0 Å². The van der Waals surface area contributed by atoms with E-state index in [-0.39, 0.29) is 5.57 Å². The Kier molecular flexibility index (Phi) is 8.06. The monoisotopic (exact) mass is 471 g/mol. The van der Waals surface area contributed by atoms with Crippen LogP contribution in [-0.2, 0) is 19.1 Å². The molecule has 10 heteroatoms. The van der Waals surface area contributed by atoms with Gasteiger partial charge in [-0.2, -0.15) is 0 Å². The van der Waals surface area contributed by atoms with Gasteiger partial charge in [-0.3, -0.25) is 19.7 Å². The predicted octanol–water partition coefficient (Wildman–Crippen LogP) is 2.78. The van der Waals surface area contributed by atoms with Crippen LogP contribution in [0.3, 0.4) is 0 Å². The van der Waals surface area contributed by atoms with Gasteiger partial charge in [0.15, 0.2) is 0 Å². The first-order chi connectivity index (χ1) is 16.4. The highest BCUT2D eigenvalue weighted by molar-refractivity contribution is 5.93. The van der Waals surface area contributed by atoms with Crippen molar-refractivity contribution in [2.45, 2.75) is 25.9 Å². The van der Waals surface area contributed by atoms with Crippen LogP contribution in [0.4, 0.5) is 0 Å². The Bertz CT molecular complexity index is 1070. The maximum absolute atomic E-state index is 12.9. The summed E-state index contributed by atoms with van der Waals surface area (Å²) < 4.78 is 21.1. The minimum atomic E-state index is -1.24. The second kappa shape index (κ2) is 11.0. The van der Waals surface area contributed by atoms with Gasteiger partial charge >= 0.3 is 11.9 Å². The molecule has 0 saturated heterocycles. The number of rotatable bonds is 8. The van der Waals surface area contributed by atoms with Gasteiger partial charge in [0.25, 0.3) is 0 Å². The van der Waals surface area contributed by atoms with Crippen LogP contribution in [0.2, 0.25) is 0 Å². The molecular weight excluding hydrogens is 442 g/mol. The van der Waals surface area contributed by atoms with E-state index in [2.05, 4.69) is 9.97 Å². The van der Waals surface area contributed by atoms with Crippen molar-refractivity contribution in [3.05, 3.63) is 59.4 Å². The normalized spacial score (nSPS) is 20.6. The molecule has 3 rings (SSSR count). The molecule has 0 aromatic carbocycles. The van der Waals surface area contributed by atoms with Crippen LogP contribution in [0, 0.1) is 5.92 Å². The molecule has 1 aliphatic heterocycles. The highest BCUT2D eigenvalue weighted by Gasteiger charge is 2.50. The Hall–Kier alpha value is -3.66. The number of aliphatic hydroxyl groups is 1. The summed E-state index contributed by atoms with van der Waals surface area (Å²) in [6, 6.07) is 5.10. The number of nitrogens with zero attached hydrogens (tertiary/aromatic N) is 3. The summed E-state index contributed by atoms with van der Waals surface area (Å²) >= 11 is 0. The Morgan fingerprint density at radius 3 is 2.06 bits per heavy atom. The first kappa shape index (κ1) is 25.0. The lowest BCUT2D eigenvalue weighted by molar-refractivity contribution is -0.149. The molecule has 182 valence electrons. The van der Waals surface area contributed by atoms with Crippen LogP contribution in [0.5, 0.6) is 11.5 Å². The molecule has 10 nitrogen and oxygen atoms in total. The molecule has 0 unspecified atom stereocenters. The Labute approximate surface area is 198 Å². The molecule has 34 heavy (non-hydrogen) atoms. The van der Waals surface area contributed by atoms with Crippen molar-refractivity contribution in [2.75, 3.05) is 34.5 Å². The van der Waals surface area contributed by atoms with E-state index in [9.17, 15) is 14.7 Å². The van der Waals surface area contributed by atoms with Crippen molar-refractivity contribution >= 4 is 11.9 Å². The number of hydrogen-bond acceptors (Lipinski definition) is 10. The summed E-state index contributed by atoms with van der Waals surface area (Å²) in [6.45, 7) is 4.59. The molecule has 0 aliphatic carbocycles. The highest BCUT2D eigenvalue weighted by atomic mass is 16.5. The van der Waals surface area contributed by atoms with Crippen molar-refractivity contribution in [3.8, 4) is 11.5 Å². The van der Waals surface area contributed by atoms with Crippen LogP contribution in [0.1, 0.15) is 37.3 Å². The Morgan fingerprint density at radius 1 is 0.971 bits per heavy atom. The van der Waals surface area contributed by atoms with Crippen LogP contribution in [-0.4, -0.2) is 66.4 Å². The fourth-order valence-electron chi connectivity index (χ4n) is 4.17. The van der Waals surface area contributed by atoms with E-state index >= 15 is 0 Å². The van der Waals surface area contributed by atoms with E-state index < -0.39 is 35.7 Å². The van der Waals surface area contributed by atoms with Crippen molar-refractivity contribution < 1.29 is 33.6 Å². The van der Waals surface area contributed by atoms with Gasteiger partial charge in [0.05, 0.1) is 56.5 Å². The smallest absolute Gasteiger partial charge is 0.339 e. The molecule has 0 saturated carbocycles. The second-order valence-electron chi connectivity index (χ2n) is 7.50. The molecule has 0 fully saturated rings. The average molecular weight is 472 g/mol. The fraction of sp³-hybridized carbons (Fsp3) is 0.417. The summed E-state index contributed by atoms with van der Waals surface area (Å²) in [5.41, 5.74) is 0.763. The first-order valence-corrected chi connectivity index (χ1v) is 10.9. The van der Waals surface area contributed by atoms with Crippen molar-refractivity contribution in [3.63, 3.8) is 0 Å². The third kappa shape index (κ3) is 4.81. The standard InChI is InChI=1S/C24H29N3O7/c1-6-33-14-8-10-25-16(12-14)20-18(23(29)31-4)22(28)19(24(30)32-5)21(27(20)3)17-13-15(34-7-2)9-11-26-17/h8-13,18,20-21,28H,6-7H2,1-5H3/t18-,20-,21-/m0/s1. The van der Waals surface area contributed by atoms with Crippen LogP contribution in [0.25, 0.3) is 0 Å². The summed E-state index contributed by atoms with van der Waals surface area (Å²) in [5.74, 6) is -2.11. The zero-order chi connectivity index (χ0) is 24.8. The lowest BCUT2D eigenvalue weighted by Gasteiger charge is -2.42. The maximum atomic E-state index is 12.9. The SMILES string of the molecule is CCOc1ccnc([C@H]2C(C(=O)OC)=C(O)[C@@H](C(=O)OC)[C@H](c3cc(OCC)ccn3)N2C)c1. The Morgan fingerprint density at radius 2 is 1.53 bits per heavy atom. The average Bonchev–Trinajstić information content (AvgIpc) is 2.84. The van der Waals surface area contributed by atoms with Crippen molar-refractivity contribution in [2.24, 2.45) is 5.92 Å². The Balaban J connectivity index is 2.25. The zero-order valence-corrected chi connectivity index (χ0v) is 19.8. The molecule has 0 bridgehead atoms. The number of carbonyl (C=O) groups excluding carboxylic acids is 2. The van der Waals surface area contributed by atoms with E-state index in [1.54, 1.807) is 48.6 Å². The summed E-state index contributed by atoms with van der Waals surface area (Å²) in [4.78, 5) is 36.3. The molecule has 1 aliphatic rings. The number of hydrogen-bond donors (Lipinski definition) is 1. The third-order valence-corrected chi connectivity index (χ3v) is 5.58. The van der Waals surface area contributed by atoms with Crippen molar-refractivity contribution in [1.82, 2.24) is 14.9 Å². The number of ether oxygens (including phenoxy) is 4. The molecule has 1 N–H and O–H groups in total. The van der Waals surface area contributed by atoms with Crippen LogP contribution in [0.15, 0.2) is 48.0 Å². The first-order valence-electron chi connectivity index (χ1n) is 10.9. The molecular formula is C24H29N3O7. The lowest BCUT2D eigenvalue weighted by Crippen LogP contribution is -2.46. The predicted molar refractivity (Wildman–Crippen MR) is 121 cm³/mol. The molecule has 0 spiro atoms. The second-order valence-corrected chi connectivity index (χ2v) is 7.50. The topological polar surface area (TPSA) is 120 Å². The van der Waals surface area contributed by atoms with Crippen molar-refractivity contribution in [1.29, 1.82) is 0 Å². The number of aliphatic hydroxyl groups excluding tert-OH is 1. The lowest BCUT2D eigenvalue weighted by atomic mass is 9.82. The molecule has 0 radical (unpaired) electrons. The number of methoxy groups -OCH3 is 2. The quantitative estimate of drug-likeness (QED) is 0.575. The number of esters is 2. The summed E-state index contributed by atoms with van der Waals surface area (Å²) in [7, 11) is 4.13. The third-order valence-electron chi connectivity index (χ3n) is 5.58. The van der Waals surface area contributed by atoms with Gasteiger partial charge in [-0.1, -0.05) is 0 Å². The van der Waals surface area contributed by atoms with Gasteiger partial charge in [0.2, 0.25) is 0 Å². The van der Waals surface area contributed by atoms with Crippen LogP contribution < -0.4 is 9.47 Å². The van der Waals surface area contributed by atoms with E-state index in [1.165, 1.54) is 14.2 Å². The minimum Gasteiger partial charge on any atom is -0.511 e. The van der Waals surface area contributed by atoms with E-state index in [4.69, 9.17) is 18.9 Å². The maximum Gasteiger partial charge on any atom is 0.339 e. The number of likely N-dealkylation sites (N-methyl/N-ethyl adjacent to an activating group) is 1. The van der Waals surface area contributed by atoms with Gasteiger partial charge < -0.3 is 24.1 Å². The fourth-order valence-corrected chi connectivity index (χ4v) is 4.17. The van der Waals surface area contributed by atoms with Gasteiger partial charge in [0.1, 0.15) is 23.2 Å². The number of aromatic nitrogens is 2. The number of carbonyl (C=O) groups is 2. The van der Waals surface area contributed by atoms with E-state index in [0.717, 1.165) is 0 Å². The molecule has 2 aromatic rings. The van der Waals surface area contributed by atoms with Gasteiger partial charge in [-0.25, -0.2) is 4.79 Å². The summed E-state index contributed by atoms with van der Waals surface area (Å²) in [6.07, 6.45) is 3.11. The van der Waals surface area contributed by atoms with Gasteiger partial charge in [0, 0.05) is 24.5 Å². The molecule has 3 atom stereocenters. The molecule has 3 heterocycles. The van der Waals surface area contributed by atoms with E-state index in [0.29, 0.717) is 36.1 Å². The number of pyridine rings is 2. The van der Waals surface area contributed by atoms with Crippen LogP contribution >= 0.6 is 0 Å². The molecule has 2 aromatic heterocycles. The summed E-state index contributed by atoms with van der Waals surface area (Å²) in [5, 5.41) is 11.3. The zero-order valence-electron chi connectivity index (χ0n) is 19.8. The van der Waals surface area contributed by atoms with E-state index in [1.807, 2.05) is 13.8 Å². The molecule has 0 amide bonds. The highest BCUT2D eigenvalue weighted by Crippen LogP contribution is 2.47. The largest absolute Gasteiger partial charge is 0.511 e.